The molecule has 1 atom stereocenters. The molecular formula is C31H26FN3O4S. The molecule has 3 aromatic carbocycles. The molecule has 1 aromatic heterocycles. The third kappa shape index (κ3) is 6.27. The first-order valence-electron chi connectivity index (χ1n) is 12.7. The van der Waals surface area contributed by atoms with E-state index in [2.05, 4.69) is 10.3 Å². The fourth-order valence-corrected chi connectivity index (χ4v) is 5.51. The van der Waals surface area contributed by atoms with Gasteiger partial charge in [0.25, 0.3) is 5.91 Å². The molecule has 1 amide bonds. The van der Waals surface area contributed by atoms with Gasteiger partial charge in [-0.25, -0.2) is 4.39 Å². The molecular weight excluding hydrogens is 529 g/mol. The fourth-order valence-electron chi connectivity index (χ4n) is 4.45. The van der Waals surface area contributed by atoms with Crippen LogP contribution in [0.2, 0.25) is 0 Å². The summed E-state index contributed by atoms with van der Waals surface area (Å²) in [6, 6.07) is 21.1. The summed E-state index contributed by atoms with van der Waals surface area (Å²) in [5.74, 6) is -1.30. The van der Waals surface area contributed by atoms with Crippen LogP contribution in [0.25, 0.3) is 11.1 Å². The number of nitrogens with one attached hydrogen (secondary N) is 1. The lowest BCUT2D eigenvalue weighted by Crippen LogP contribution is -2.12. The van der Waals surface area contributed by atoms with Crippen molar-refractivity contribution in [3.8, 4) is 11.1 Å². The van der Waals surface area contributed by atoms with E-state index in [9.17, 15) is 18.8 Å². The summed E-state index contributed by atoms with van der Waals surface area (Å²) in [5, 5.41) is 2.67. The molecule has 0 spiro atoms. The normalized spacial score (nSPS) is 14.6. The standard InChI is InChI=1S/C31H26FN3O4S/c32-27-18-34-11-9-20(27)15-28(36)21-7-8-23(17-33)26(14-21)19-3-1-4-22(13-19)30(37)35-24-5-2-6-25(16-24)40-29-10-12-39-31(29)38/h1-9,11,13-14,16,18,29H,10,12,15,17,33H2,(H,35,37). The van der Waals surface area contributed by atoms with Crippen molar-refractivity contribution in [1.82, 2.24) is 4.98 Å². The van der Waals surface area contributed by atoms with Gasteiger partial charge >= 0.3 is 5.97 Å². The van der Waals surface area contributed by atoms with Crippen LogP contribution in [0.3, 0.4) is 0 Å². The van der Waals surface area contributed by atoms with Crippen LogP contribution in [-0.2, 0) is 22.5 Å². The number of Topliss-reactive ketones (excluding diaryl/α,β-unsaturated/α-hetero) is 1. The van der Waals surface area contributed by atoms with E-state index >= 15 is 0 Å². The van der Waals surface area contributed by atoms with Gasteiger partial charge in [0, 0.05) is 47.3 Å². The summed E-state index contributed by atoms with van der Waals surface area (Å²) in [6.45, 7) is 0.660. The molecule has 1 aliphatic rings. The average molecular weight is 556 g/mol. The van der Waals surface area contributed by atoms with E-state index < -0.39 is 5.82 Å². The Kier molecular flexibility index (Phi) is 8.33. The Bertz CT molecular complexity index is 1590. The van der Waals surface area contributed by atoms with E-state index in [1.54, 1.807) is 42.5 Å². The molecule has 5 rings (SSSR count). The maximum atomic E-state index is 14.0. The van der Waals surface area contributed by atoms with Gasteiger partial charge in [-0.15, -0.1) is 11.8 Å². The second-order valence-electron chi connectivity index (χ2n) is 9.27. The molecule has 9 heteroatoms. The van der Waals surface area contributed by atoms with Crippen LogP contribution in [0.1, 0.15) is 38.3 Å². The molecule has 4 aromatic rings. The van der Waals surface area contributed by atoms with Crippen molar-refractivity contribution in [3.63, 3.8) is 0 Å². The van der Waals surface area contributed by atoms with Crippen LogP contribution in [0, 0.1) is 5.82 Å². The Labute approximate surface area is 235 Å². The monoisotopic (exact) mass is 555 g/mol. The van der Waals surface area contributed by atoms with E-state index in [-0.39, 0.29) is 41.4 Å². The lowest BCUT2D eigenvalue weighted by Gasteiger charge is -2.13. The molecule has 2 heterocycles. The van der Waals surface area contributed by atoms with Crippen molar-refractivity contribution >= 4 is 35.1 Å². The first kappa shape index (κ1) is 27.2. The van der Waals surface area contributed by atoms with Gasteiger partial charge in [-0.3, -0.25) is 19.4 Å². The summed E-state index contributed by atoms with van der Waals surface area (Å²) in [5.41, 5.74) is 9.95. The van der Waals surface area contributed by atoms with Gasteiger partial charge in [-0.1, -0.05) is 30.3 Å². The molecule has 0 radical (unpaired) electrons. The number of halogens is 1. The number of ketones is 1. The molecule has 1 unspecified atom stereocenters. The van der Waals surface area contributed by atoms with Gasteiger partial charge in [-0.2, -0.15) is 0 Å². The van der Waals surface area contributed by atoms with Crippen molar-refractivity contribution < 1.29 is 23.5 Å². The van der Waals surface area contributed by atoms with E-state index in [1.165, 1.54) is 24.0 Å². The van der Waals surface area contributed by atoms with Crippen molar-refractivity contribution in [3.05, 3.63) is 113 Å². The molecule has 1 fully saturated rings. The Hall–Kier alpha value is -4.34. The molecule has 7 nitrogen and oxygen atoms in total. The highest BCUT2D eigenvalue weighted by Gasteiger charge is 2.27. The first-order valence-corrected chi connectivity index (χ1v) is 13.6. The Morgan fingerprint density at radius 3 is 2.65 bits per heavy atom. The van der Waals surface area contributed by atoms with Crippen LogP contribution in [-0.4, -0.2) is 34.5 Å². The number of benzene rings is 3. The van der Waals surface area contributed by atoms with Gasteiger partial charge in [-0.05, 0) is 64.7 Å². The molecule has 202 valence electrons. The number of pyridine rings is 1. The summed E-state index contributed by atoms with van der Waals surface area (Å²) in [4.78, 5) is 42.5. The number of ether oxygens (including phenoxy) is 1. The zero-order valence-corrected chi connectivity index (χ0v) is 22.2. The molecule has 0 bridgehead atoms. The fraction of sp³-hybridized carbons (Fsp3) is 0.161. The van der Waals surface area contributed by atoms with Crippen LogP contribution in [0.4, 0.5) is 10.1 Å². The molecule has 0 saturated carbocycles. The Morgan fingerprint density at radius 2 is 1.88 bits per heavy atom. The number of nitrogens with two attached hydrogens (primary N) is 1. The van der Waals surface area contributed by atoms with Gasteiger partial charge in [0.1, 0.15) is 11.1 Å². The first-order chi connectivity index (χ1) is 19.4. The van der Waals surface area contributed by atoms with Crippen LogP contribution >= 0.6 is 11.8 Å². The van der Waals surface area contributed by atoms with E-state index in [0.717, 1.165) is 27.8 Å². The third-order valence-electron chi connectivity index (χ3n) is 6.55. The van der Waals surface area contributed by atoms with Gasteiger partial charge < -0.3 is 15.8 Å². The highest BCUT2D eigenvalue weighted by molar-refractivity contribution is 8.00. The predicted octanol–water partition coefficient (Wildman–Crippen LogP) is 5.43. The number of amides is 1. The van der Waals surface area contributed by atoms with Crippen LogP contribution < -0.4 is 11.1 Å². The van der Waals surface area contributed by atoms with E-state index in [0.29, 0.717) is 29.8 Å². The molecule has 40 heavy (non-hydrogen) atoms. The molecule has 1 saturated heterocycles. The summed E-state index contributed by atoms with van der Waals surface area (Å²) >= 11 is 1.42. The maximum Gasteiger partial charge on any atom is 0.319 e. The second kappa shape index (κ2) is 12.2. The number of anilines is 1. The second-order valence-corrected chi connectivity index (χ2v) is 10.5. The number of cyclic esters (lactones) is 1. The number of carbonyl (C=O) groups is 3. The highest BCUT2D eigenvalue weighted by atomic mass is 32.2. The van der Waals surface area contributed by atoms with Crippen LogP contribution in [0.5, 0.6) is 0 Å². The van der Waals surface area contributed by atoms with E-state index in [1.807, 2.05) is 24.3 Å². The lowest BCUT2D eigenvalue weighted by molar-refractivity contribution is -0.137. The summed E-state index contributed by atoms with van der Waals surface area (Å²) in [7, 11) is 0. The number of hydrogen-bond acceptors (Lipinski definition) is 7. The smallest absolute Gasteiger partial charge is 0.319 e. The summed E-state index contributed by atoms with van der Waals surface area (Å²) < 4.78 is 19.1. The number of esters is 1. The largest absolute Gasteiger partial charge is 0.465 e. The minimum absolute atomic E-state index is 0.0997. The number of aromatic nitrogens is 1. The lowest BCUT2D eigenvalue weighted by atomic mass is 9.93. The summed E-state index contributed by atoms with van der Waals surface area (Å²) in [6.07, 6.45) is 3.09. The Morgan fingerprint density at radius 1 is 1.02 bits per heavy atom. The van der Waals surface area contributed by atoms with Crippen molar-refractivity contribution in [1.29, 1.82) is 0 Å². The molecule has 0 aliphatic carbocycles. The minimum Gasteiger partial charge on any atom is -0.465 e. The van der Waals surface area contributed by atoms with Crippen molar-refractivity contribution in [2.45, 2.75) is 29.5 Å². The van der Waals surface area contributed by atoms with Crippen LogP contribution in [0.15, 0.2) is 90.1 Å². The third-order valence-corrected chi connectivity index (χ3v) is 7.79. The zero-order valence-electron chi connectivity index (χ0n) is 21.4. The number of carbonyl (C=O) groups excluding carboxylic acids is 3. The van der Waals surface area contributed by atoms with Crippen molar-refractivity contribution in [2.75, 3.05) is 11.9 Å². The maximum absolute atomic E-state index is 14.0. The SMILES string of the molecule is NCc1ccc(C(=O)Cc2ccncc2F)cc1-c1cccc(C(=O)Nc2cccc(SC3CCOC3=O)c2)c1. The number of thioether (sulfide) groups is 1. The minimum atomic E-state index is -0.529. The van der Waals surface area contributed by atoms with Gasteiger partial charge in [0.05, 0.1) is 12.8 Å². The zero-order chi connectivity index (χ0) is 28.1. The number of hydrogen-bond donors (Lipinski definition) is 2. The topological polar surface area (TPSA) is 111 Å². The van der Waals surface area contributed by atoms with Crippen molar-refractivity contribution in [2.24, 2.45) is 5.73 Å². The predicted molar refractivity (Wildman–Crippen MR) is 152 cm³/mol. The average Bonchev–Trinajstić information content (AvgIpc) is 3.37. The molecule has 3 N–H and O–H groups in total. The van der Waals surface area contributed by atoms with E-state index in [4.69, 9.17) is 10.5 Å². The highest BCUT2D eigenvalue weighted by Crippen LogP contribution is 2.31. The van der Waals surface area contributed by atoms with Gasteiger partial charge in [0.2, 0.25) is 0 Å². The molecule has 1 aliphatic heterocycles. The number of rotatable bonds is 9. The Balaban J connectivity index is 1.35. The quantitative estimate of drug-likeness (QED) is 0.209. The van der Waals surface area contributed by atoms with Gasteiger partial charge in [0.15, 0.2) is 5.78 Å². The number of nitrogens with zero attached hydrogens (tertiary/aromatic N) is 1.